The maximum atomic E-state index is 12.0. The molecule has 1 aliphatic heterocycles. The average molecular weight is 365 g/mol. The summed E-state index contributed by atoms with van der Waals surface area (Å²) >= 11 is 0. The molecule has 4 nitrogen and oxygen atoms in total. The number of hydrogen-bond acceptors (Lipinski definition) is 4. The van der Waals surface area contributed by atoms with Gasteiger partial charge in [0, 0.05) is 22.5 Å². The second kappa shape index (κ2) is 6.84. The van der Waals surface area contributed by atoms with Crippen LogP contribution in [0.3, 0.4) is 0 Å². The molecule has 3 rings (SSSR count). The fraction of sp³-hybridized carbons (Fsp3) is 0.391. The van der Waals surface area contributed by atoms with Crippen molar-refractivity contribution in [1.82, 2.24) is 0 Å². The third-order valence-corrected chi connectivity index (χ3v) is 5.24. The zero-order valence-electron chi connectivity index (χ0n) is 16.7. The Morgan fingerprint density at radius 3 is 2.37 bits per heavy atom. The van der Waals surface area contributed by atoms with Gasteiger partial charge in [-0.25, -0.2) is 4.79 Å². The fourth-order valence-electron chi connectivity index (χ4n) is 4.41. The van der Waals surface area contributed by atoms with E-state index in [1.54, 1.807) is 19.1 Å². The summed E-state index contributed by atoms with van der Waals surface area (Å²) in [4.78, 5) is 25.6. The third kappa shape index (κ3) is 3.48. The normalized spacial score (nSPS) is 17.1. The molecule has 4 heteroatoms. The van der Waals surface area contributed by atoms with Crippen LogP contribution in [0.2, 0.25) is 0 Å². The van der Waals surface area contributed by atoms with Gasteiger partial charge in [0.2, 0.25) is 0 Å². The molecular weight excluding hydrogens is 338 g/mol. The molecule has 27 heavy (non-hydrogen) atoms. The Morgan fingerprint density at radius 2 is 1.78 bits per heavy atom. The first-order valence-corrected chi connectivity index (χ1v) is 9.37. The summed E-state index contributed by atoms with van der Waals surface area (Å²) in [6.45, 7) is 11.1. The van der Waals surface area contributed by atoms with Crippen LogP contribution in [0, 0.1) is 0 Å². The third-order valence-electron chi connectivity index (χ3n) is 5.24. The van der Waals surface area contributed by atoms with E-state index >= 15 is 0 Å². The quantitative estimate of drug-likeness (QED) is 0.547. The van der Waals surface area contributed by atoms with Crippen molar-refractivity contribution in [2.75, 3.05) is 11.5 Å². The Morgan fingerprint density at radius 1 is 1.11 bits per heavy atom. The Kier molecular flexibility index (Phi) is 4.85. The molecule has 2 aromatic rings. The minimum absolute atomic E-state index is 0.00161. The zero-order chi connectivity index (χ0) is 19.8. The highest BCUT2D eigenvalue weighted by molar-refractivity contribution is 5.90. The van der Waals surface area contributed by atoms with Gasteiger partial charge in [-0.2, -0.15) is 0 Å². The van der Waals surface area contributed by atoms with Crippen LogP contribution in [0.15, 0.2) is 42.5 Å². The van der Waals surface area contributed by atoms with E-state index in [9.17, 15) is 9.59 Å². The molecule has 0 saturated carbocycles. The van der Waals surface area contributed by atoms with Crippen molar-refractivity contribution >= 4 is 23.6 Å². The first-order chi connectivity index (χ1) is 12.7. The van der Waals surface area contributed by atoms with Crippen molar-refractivity contribution in [2.24, 2.45) is 0 Å². The standard InChI is InChI=1S/C23H27NO3/c1-6-27-21(26)17-8-10-18(11-9-17)24-20-13-16(14-25)7-12-19(20)22(2,3)15-23(24,4)5/h7-14H,6,15H2,1-5H3. The molecule has 0 spiro atoms. The van der Waals surface area contributed by atoms with Gasteiger partial charge in [0.1, 0.15) is 6.29 Å². The summed E-state index contributed by atoms with van der Waals surface area (Å²) in [6, 6.07) is 13.4. The number of ether oxygens (including phenoxy) is 1. The monoisotopic (exact) mass is 365 g/mol. The molecule has 0 aromatic heterocycles. The summed E-state index contributed by atoms with van der Waals surface area (Å²) in [5.41, 5.74) is 4.32. The van der Waals surface area contributed by atoms with Gasteiger partial charge in [0.05, 0.1) is 12.2 Å². The van der Waals surface area contributed by atoms with Crippen LogP contribution in [-0.4, -0.2) is 24.4 Å². The number of anilines is 2. The Labute approximate surface area is 161 Å². The predicted octanol–water partition coefficient (Wildman–Crippen LogP) is 5.27. The molecule has 1 heterocycles. The van der Waals surface area contributed by atoms with Gasteiger partial charge in [-0.15, -0.1) is 0 Å². The summed E-state index contributed by atoms with van der Waals surface area (Å²) in [7, 11) is 0. The minimum Gasteiger partial charge on any atom is -0.462 e. The van der Waals surface area contributed by atoms with Gasteiger partial charge in [-0.05, 0) is 68.5 Å². The van der Waals surface area contributed by atoms with Crippen LogP contribution in [-0.2, 0) is 10.2 Å². The lowest BCUT2D eigenvalue weighted by Gasteiger charge is -2.51. The van der Waals surface area contributed by atoms with E-state index in [4.69, 9.17) is 4.74 Å². The second-order valence-corrected chi connectivity index (χ2v) is 8.37. The van der Waals surface area contributed by atoms with Crippen LogP contribution in [0.5, 0.6) is 0 Å². The van der Waals surface area contributed by atoms with Gasteiger partial charge in [-0.3, -0.25) is 4.79 Å². The van der Waals surface area contributed by atoms with Gasteiger partial charge in [0.25, 0.3) is 0 Å². The van der Waals surface area contributed by atoms with Crippen molar-refractivity contribution in [2.45, 2.75) is 52.0 Å². The second-order valence-electron chi connectivity index (χ2n) is 8.37. The Bertz CT molecular complexity index is 866. The molecule has 2 aromatic carbocycles. The van der Waals surface area contributed by atoms with Gasteiger partial charge < -0.3 is 9.64 Å². The molecule has 0 radical (unpaired) electrons. The van der Waals surface area contributed by atoms with Crippen molar-refractivity contribution in [3.63, 3.8) is 0 Å². The molecule has 0 saturated heterocycles. The number of benzene rings is 2. The zero-order valence-corrected chi connectivity index (χ0v) is 16.7. The Balaban J connectivity index is 2.11. The predicted molar refractivity (Wildman–Crippen MR) is 108 cm³/mol. The highest BCUT2D eigenvalue weighted by Crippen LogP contribution is 2.50. The largest absolute Gasteiger partial charge is 0.462 e. The molecule has 0 aliphatic carbocycles. The first kappa shape index (κ1) is 19.2. The van der Waals surface area contributed by atoms with Crippen LogP contribution in [0.25, 0.3) is 0 Å². The number of hydrogen-bond donors (Lipinski definition) is 0. The molecule has 0 bridgehead atoms. The molecule has 0 unspecified atom stereocenters. The lowest BCUT2D eigenvalue weighted by Crippen LogP contribution is -2.49. The number of carbonyl (C=O) groups excluding carboxylic acids is 2. The summed E-state index contributed by atoms with van der Waals surface area (Å²) < 4.78 is 5.08. The number of esters is 1. The number of rotatable bonds is 4. The number of fused-ring (bicyclic) bond motifs is 1. The maximum Gasteiger partial charge on any atom is 0.338 e. The van der Waals surface area contributed by atoms with E-state index in [1.165, 1.54) is 5.56 Å². The lowest BCUT2D eigenvalue weighted by atomic mass is 9.69. The highest BCUT2D eigenvalue weighted by atomic mass is 16.5. The molecule has 0 fully saturated rings. The van der Waals surface area contributed by atoms with Crippen molar-refractivity contribution < 1.29 is 14.3 Å². The van der Waals surface area contributed by atoms with Crippen molar-refractivity contribution in [1.29, 1.82) is 0 Å². The maximum absolute atomic E-state index is 12.0. The van der Waals surface area contributed by atoms with E-state index in [0.29, 0.717) is 17.7 Å². The van der Waals surface area contributed by atoms with Crippen molar-refractivity contribution in [3.8, 4) is 0 Å². The summed E-state index contributed by atoms with van der Waals surface area (Å²) in [5.74, 6) is -0.313. The Hall–Kier alpha value is -2.62. The van der Waals surface area contributed by atoms with Crippen LogP contribution < -0.4 is 4.90 Å². The van der Waals surface area contributed by atoms with Crippen LogP contribution >= 0.6 is 0 Å². The smallest absolute Gasteiger partial charge is 0.338 e. The van der Waals surface area contributed by atoms with E-state index < -0.39 is 0 Å². The van der Waals surface area contributed by atoms with E-state index in [1.807, 2.05) is 24.3 Å². The van der Waals surface area contributed by atoms with E-state index in [0.717, 1.165) is 24.1 Å². The molecule has 142 valence electrons. The average Bonchev–Trinajstić information content (AvgIpc) is 2.60. The van der Waals surface area contributed by atoms with Gasteiger partial charge >= 0.3 is 5.97 Å². The molecular formula is C23H27NO3. The highest BCUT2D eigenvalue weighted by Gasteiger charge is 2.42. The molecule has 0 atom stereocenters. The van der Waals surface area contributed by atoms with E-state index in [-0.39, 0.29) is 16.9 Å². The number of nitrogens with zero attached hydrogens (tertiary/aromatic N) is 1. The van der Waals surface area contributed by atoms with Gasteiger partial charge in [-0.1, -0.05) is 26.0 Å². The van der Waals surface area contributed by atoms with Gasteiger partial charge in [0.15, 0.2) is 0 Å². The molecule has 0 amide bonds. The lowest BCUT2D eigenvalue weighted by molar-refractivity contribution is 0.0526. The topological polar surface area (TPSA) is 46.6 Å². The van der Waals surface area contributed by atoms with Crippen LogP contribution in [0.1, 0.15) is 67.3 Å². The minimum atomic E-state index is -0.313. The number of aldehydes is 1. The van der Waals surface area contributed by atoms with E-state index in [2.05, 4.69) is 38.7 Å². The fourth-order valence-corrected chi connectivity index (χ4v) is 4.41. The first-order valence-electron chi connectivity index (χ1n) is 9.37. The van der Waals surface area contributed by atoms with Crippen molar-refractivity contribution in [3.05, 3.63) is 59.2 Å². The number of carbonyl (C=O) groups is 2. The van der Waals surface area contributed by atoms with Crippen LogP contribution in [0.4, 0.5) is 11.4 Å². The molecule has 1 aliphatic rings. The summed E-state index contributed by atoms with van der Waals surface area (Å²) in [6.07, 6.45) is 1.85. The molecule has 0 N–H and O–H groups in total. The SMILES string of the molecule is CCOC(=O)c1ccc(N2c3cc(C=O)ccc3C(C)(C)CC2(C)C)cc1. The summed E-state index contributed by atoms with van der Waals surface area (Å²) in [5, 5.41) is 0.